The minimum absolute atomic E-state index is 0.0532. The standard InChI is InChI=1S/C21H20F5N3O3S/c1-11-6-12(19-13(22)4-3-5-14(19)23)20(15(24)7-11)16-8-18(27-32-16)29-9-17(21(25,26)10-29)28-33(2,30)31/h3-7,16-17,28H,8-10H2,1-2H3/t16?,17-/m1/s1. The average Bonchev–Trinajstić information content (AvgIpc) is 3.25. The summed E-state index contributed by atoms with van der Waals surface area (Å²) in [7, 11) is -3.88. The van der Waals surface area contributed by atoms with E-state index in [2.05, 4.69) is 5.16 Å². The van der Waals surface area contributed by atoms with Crippen molar-refractivity contribution in [3.05, 3.63) is 58.9 Å². The van der Waals surface area contributed by atoms with Crippen LogP contribution in [0.2, 0.25) is 0 Å². The summed E-state index contributed by atoms with van der Waals surface area (Å²) in [5, 5.41) is 3.79. The van der Waals surface area contributed by atoms with Gasteiger partial charge < -0.3 is 9.74 Å². The minimum Gasteiger partial charge on any atom is -0.386 e. The molecule has 2 aliphatic heterocycles. The van der Waals surface area contributed by atoms with Crippen molar-refractivity contribution in [3.63, 3.8) is 0 Å². The first-order valence-corrected chi connectivity index (χ1v) is 11.8. The fourth-order valence-corrected chi connectivity index (χ4v) is 4.87. The Morgan fingerprint density at radius 3 is 2.45 bits per heavy atom. The number of halogens is 5. The molecule has 1 unspecified atom stereocenters. The zero-order chi connectivity index (χ0) is 24.1. The molecule has 12 heteroatoms. The second-order valence-electron chi connectivity index (χ2n) is 8.19. The molecule has 33 heavy (non-hydrogen) atoms. The predicted molar refractivity (Wildman–Crippen MR) is 111 cm³/mol. The number of rotatable bonds is 4. The number of oxime groups is 1. The van der Waals surface area contributed by atoms with Crippen LogP contribution in [0.5, 0.6) is 0 Å². The van der Waals surface area contributed by atoms with Gasteiger partial charge in [-0.15, -0.1) is 0 Å². The van der Waals surface area contributed by atoms with Gasteiger partial charge in [-0.2, -0.15) is 0 Å². The van der Waals surface area contributed by atoms with Crippen molar-refractivity contribution in [3.8, 4) is 11.1 Å². The van der Waals surface area contributed by atoms with E-state index in [1.165, 1.54) is 18.2 Å². The fourth-order valence-electron chi connectivity index (χ4n) is 4.11. The highest BCUT2D eigenvalue weighted by Crippen LogP contribution is 2.40. The number of benzene rings is 2. The lowest BCUT2D eigenvalue weighted by atomic mass is 9.92. The maximum Gasteiger partial charge on any atom is 0.282 e. The van der Waals surface area contributed by atoms with E-state index in [9.17, 15) is 26.0 Å². The van der Waals surface area contributed by atoms with E-state index < -0.39 is 57.7 Å². The van der Waals surface area contributed by atoms with Gasteiger partial charge in [-0.25, -0.2) is 35.1 Å². The molecule has 2 aromatic carbocycles. The number of aryl methyl sites for hydroxylation is 1. The van der Waals surface area contributed by atoms with E-state index >= 15 is 4.39 Å². The molecule has 0 aromatic heterocycles. The Morgan fingerprint density at radius 2 is 1.82 bits per heavy atom. The molecule has 6 nitrogen and oxygen atoms in total. The molecule has 2 heterocycles. The molecule has 1 N–H and O–H groups in total. The Morgan fingerprint density at radius 1 is 1.15 bits per heavy atom. The lowest BCUT2D eigenvalue weighted by molar-refractivity contribution is -0.00123. The largest absolute Gasteiger partial charge is 0.386 e. The van der Waals surface area contributed by atoms with Crippen LogP contribution < -0.4 is 4.72 Å². The van der Waals surface area contributed by atoms with Crippen LogP contribution >= 0.6 is 0 Å². The molecule has 0 bridgehead atoms. The second-order valence-corrected chi connectivity index (χ2v) is 9.97. The van der Waals surface area contributed by atoms with Crippen molar-refractivity contribution in [1.82, 2.24) is 9.62 Å². The topological polar surface area (TPSA) is 71.0 Å². The maximum atomic E-state index is 15.0. The molecule has 0 amide bonds. The molecule has 178 valence electrons. The van der Waals surface area contributed by atoms with Gasteiger partial charge in [0.15, 0.2) is 6.10 Å². The summed E-state index contributed by atoms with van der Waals surface area (Å²) in [6.45, 7) is 0.369. The average molecular weight is 489 g/mol. The van der Waals surface area contributed by atoms with Gasteiger partial charge in [0.1, 0.15) is 29.3 Å². The van der Waals surface area contributed by atoms with Crippen LogP contribution in [0.25, 0.3) is 11.1 Å². The Labute approximate surface area is 187 Å². The molecule has 1 fully saturated rings. The highest BCUT2D eigenvalue weighted by molar-refractivity contribution is 7.88. The van der Waals surface area contributed by atoms with Crippen LogP contribution in [0.1, 0.15) is 23.7 Å². The molecular weight excluding hydrogens is 469 g/mol. The predicted octanol–water partition coefficient (Wildman–Crippen LogP) is 3.72. The molecule has 1 saturated heterocycles. The number of nitrogens with zero attached hydrogens (tertiary/aromatic N) is 2. The van der Waals surface area contributed by atoms with E-state index in [0.29, 0.717) is 5.56 Å². The van der Waals surface area contributed by atoms with Gasteiger partial charge in [0.25, 0.3) is 5.92 Å². The lowest BCUT2D eigenvalue weighted by Crippen LogP contribution is -2.46. The smallest absolute Gasteiger partial charge is 0.282 e. The van der Waals surface area contributed by atoms with Crippen LogP contribution in [-0.2, 0) is 14.9 Å². The van der Waals surface area contributed by atoms with E-state index in [-0.39, 0.29) is 29.9 Å². The monoisotopic (exact) mass is 489 g/mol. The number of sulfonamides is 1. The third kappa shape index (κ3) is 4.67. The molecule has 2 aliphatic rings. The van der Waals surface area contributed by atoms with E-state index in [1.807, 2.05) is 4.72 Å². The summed E-state index contributed by atoms with van der Waals surface area (Å²) >= 11 is 0. The second kappa shape index (κ2) is 8.24. The number of hydrogen-bond acceptors (Lipinski definition) is 5. The third-order valence-corrected chi connectivity index (χ3v) is 6.23. The van der Waals surface area contributed by atoms with Gasteiger partial charge in [-0.3, -0.25) is 0 Å². The van der Waals surface area contributed by atoms with Crippen LogP contribution in [-0.4, -0.2) is 50.5 Å². The molecule has 2 atom stereocenters. The molecule has 0 aliphatic carbocycles. The lowest BCUT2D eigenvalue weighted by Gasteiger charge is -2.19. The molecule has 0 saturated carbocycles. The van der Waals surface area contributed by atoms with E-state index in [1.54, 1.807) is 6.92 Å². The van der Waals surface area contributed by atoms with Gasteiger partial charge in [0, 0.05) is 12.1 Å². The van der Waals surface area contributed by atoms with Crippen LogP contribution in [0.15, 0.2) is 35.5 Å². The number of likely N-dealkylation sites (tertiary alicyclic amines) is 1. The molecular formula is C21H20F5N3O3S. The highest BCUT2D eigenvalue weighted by Gasteiger charge is 2.51. The number of hydrogen-bond donors (Lipinski definition) is 1. The molecule has 0 spiro atoms. The third-order valence-electron chi connectivity index (χ3n) is 5.52. The molecule has 4 rings (SSSR count). The van der Waals surface area contributed by atoms with Crippen molar-refractivity contribution in [2.75, 3.05) is 19.3 Å². The van der Waals surface area contributed by atoms with Gasteiger partial charge in [-0.05, 0) is 36.2 Å². The van der Waals surface area contributed by atoms with Crippen LogP contribution in [0, 0.1) is 24.4 Å². The Hall–Kier alpha value is -2.73. The van der Waals surface area contributed by atoms with Gasteiger partial charge >= 0.3 is 0 Å². The zero-order valence-corrected chi connectivity index (χ0v) is 18.4. The highest BCUT2D eigenvalue weighted by atomic mass is 32.2. The van der Waals surface area contributed by atoms with Crippen molar-refractivity contribution < 1.29 is 35.2 Å². The van der Waals surface area contributed by atoms with Crippen molar-refractivity contribution in [2.24, 2.45) is 5.16 Å². The van der Waals surface area contributed by atoms with E-state index in [0.717, 1.165) is 23.3 Å². The van der Waals surface area contributed by atoms with Crippen molar-refractivity contribution >= 4 is 15.9 Å². The summed E-state index contributed by atoms with van der Waals surface area (Å²) in [6, 6.07) is 4.18. The van der Waals surface area contributed by atoms with E-state index in [4.69, 9.17) is 4.84 Å². The Kier molecular flexibility index (Phi) is 5.85. The number of alkyl halides is 2. The Balaban J connectivity index is 1.63. The summed E-state index contributed by atoms with van der Waals surface area (Å²) in [4.78, 5) is 6.46. The van der Waals surface area contributed by atoms with Crippen molar-refractivity contribution in [1.29, 1.82) is 0 Å². The molecule has 2 aromatic rings. The SMILES string of the molecule is Cc1cc(F)c(C2CC(N3C[C@@H](NS(C)(=O)=O)C(F)(F)C3)=NO2)c(-c2c(F)cccc2F)c1. The minimum atomic E-state index is -3.88. The van der Waals surface area contributed by atoms with Gasteiger partial charge in [0.2, 0.25) is 10.0 Å². The fraction of sp³-hybridized carbons (Fsp3) is 0.381. The first kappa shape index (κ1) is 23.4. The quantitative estimate of drug-likeness (QED) is 0.665. The Bertz CT molecular complexity index is 1220. The van der Waals surface area contributed by atoms with Crippen LogP contribution in [0.4, 0.5) is 22.0 Å². The summed E-state index contributed by atoms with van der Waals surface area (Å²) in [5.74, 6) is -5.89. The zero-order valence-electron chi connectivity index (χ0n) is 17.6. The van der Waals surface area contributed by atoms with Crippen LogP contribution in [0.3, 0.4) is 0 Å². The van der Waals surface area contributed by atoms with Gasteiger partial charge in [0.05, 0.1) is 24.8 Å². The van der Waals surface area contributed by atoms with Gasteiger partial charge in [-0.1, -0.05) is 17.3 Å². The first-order chi connectivity index (χ1) is 15.4. The summed E-state index contributed by atoms with van der Waals surface area (Å²) in [6.07, 6.45) is -0.489. The first-order valence-electron chi connectivity index (χ1n) is 9.93. The number of nitrogens with one attached hydrogen (secondary N) is 1. The maximum absolute atomic E-state index is 15.0. The molecule has 0 radical (unpaired) electrons. The number of amidine groups is 1. The normalized spacial score (nSPS) is 22.4. The summed E-state index contributed by atoms with van der Waals surface area (Å²) in [5.41, 5.74) is -0.229. The summed E-state index contributed by atoms with van der Waals surface area (Å²) < 4.78 is 97.4. The van der Waals surface area contributed by atoms with Crippen molar-refractivity contribution in [2.45, 2.75) is 31.4 Å².